The molecular formula is C30H34N6O6S. The monoisotopic (exact) mass is 606 g/mol. The van der Waals surface area contributed by atoms with Gasteiger partial charge >= 0.3 is 0 Å². The van der Waals surface area contributed by atoms with Gasteiger partial charge in [0.2, 0.25) is 0 Å². The number of pyridine rings is 1. The predicted molar refractivity (Wildman–Crippen MR) is 166 cm³/mol. The van der Waals surface area contributed by atoms with Crippen molar-refractivity contribution >= 4 is 49.7 Å². The molecule has 5 rings (SSSR count). The molecule has 1 aliphatic rings. The van der Waals surface area contributed by atoms with Crippen LogP contribution in [0.1, 0.15) is 22.3 Å². The number of hydrogen-bond donors (Lipinski definition) is 2. The lowest BCUT2D eigenvalue weighted by molar-refractivity contribution is 0.102. The van der Waals surface area contributed by atoms with E-state index in [1.165, 1.54) is 19.7 Å². The Bertz CT molecular complexity index is 1730. The van der Waals surface area contributed by atoms with E-state index in [-0.39, 0.29) is 18.3 Å². The minimum atomic E-state index is -3.07. The van der Waals surface area contributed by atoms with Crippen molar-refractivity contribution in [1.82, 2.24) is 15.0 Å². The standard InChI is InChI=1S/C30H34N6O6S/c1-20-5-6-22(34-30(37)21-7-8-31-28(15-21)36-9-12-41-13-10-36)16-24(20)35-29-23-17-26(40-2)27(18-25(23)32-19-33-29)42-11-4-14-43(3,38)39/h5-8,15-19H,4,9-14H2,1-3H3,(H,34,37)(H,32,33,35). The summed E-state index contributed by atoms with van der Waals surface area (Å²) in [6.45, 7) is 4.90. The molecule has 0 spiro atoms. The van der Waals surface area contributed by atoms with Crippen LogP contribution in [0, 0.1) is 6.92 Å². The van der Waals surface area contributed by atoms with Crippen LogP contribution in [0.4, 0.5) is 23.0 Å². The van der Waals surface area contributed by atoms with Gasteiger partial charge in [0.1, 0.15) is 27.8 Å². The molecular weight excluding hydrogens is 572 g/mol. The lowest BCUT2D eigenvalue weighted by Crippen LogP contribution is -2.36. The summed E-state index contributed by atoms with van der Waals surface area (Å²) >= 11 is 0. The van der Waals surface area contributed by atoms with Crippen molar-refractivity contribution in [2.75, 3.05) is 67.6 Å². The van der Waals surface area contributed by atoms with Crippen molar-refractivity contribution in [2.45, 2.75) is 13.3 Å². The number of fused-ring (bicyclic) bond motifs is 1. The van der Waals surface area contributed by atoms with E-state index in [9.17, 15) is 13.2 Å². The van der Waals surface area contributed by atoms with E-state index >= 15 is 0 Å². The number of nitrogens with one attached hydrogen (secondary N) is 2. The number of aromatic nitrogens is 3. The Kier molecular flexibility index (Phi) is 9.22. The molecule has 0 atom stereocenters. The highest BCUT2D eigenvalue weighted by atomic mass is 32.2. The third kappa shape index (κ3) is 7.67. The number of morpholine rings is 1. The first-order valence-corrected chi connectivity index (χ1v) is 15.9. The smallest absolute Gasteiger partial charge is 0.255 e. The molecule has 0 aliphatic carbocycles. The van der Waals surface area contributed by atoms with E-state index in [1.54, 1.807) is 30.5 Å². The number of ether oxygens (including phenoxy) is 3. The molecule has 1 amide bonds. The summed E-state index contributed by atoms with van der Waals surface area (Å²) in [7, 11) is -1.54. The topological polar surface area (TPSA) is 145 Å². The van der Waals surface area contributed by atoms with Gasteiger partial charge < -0.3 is 29.7 Å². The number of rotatable bonds is 11. The van der Waals surface area contributed by atoms with Gasteiger partial charge in [-0.2, -0.15) is 0 Å². The Balaban J connectivity index is 1.33. The zero-order chi connectivity index (χ0) is 30.4. The van der Waals surface area contributed by atoms with Crippen molar-refractivity contribution < 1.29 is 27.4 Å². The summed E-state index contributed by atoms with van der Waals surface area (Å²) < 4.78 is 39.6. The summed E-state index contributed by atoms with van der Waals surface area (Å²) in [5.74, 6) is 2.01. The molecule has 2 N–H and O–H groups in total. The highest BCUT2D eigenvalue weighted by Crippen LogP contribution is 2.35. The van der Waals surface area contributed by atoms with Crippen LogP contribution < -0.4 is 25.0 Å². The molecule has 0 saturated carbocycles. The van der Waals surface area contributed by atoms with Crippen LogP contribution in [0.3, 0.4) is 0 Å². The predicted octanol–water partition coefficient (Wildman–Crippen LogP) is 3.99. The first-order chi connectivity index (χ1) is 20.7. The van der Waals surface area contributed by atoms with E-state index < -0.39 is 9.84 Å². The molecule has 0 unspecified atom stereocenters. The second-order valence-electron chi connectivity index (χ2n) is 10.2. The van der Waals surface area contributed by atoms with E-state index in [0.717, 1.165) is 30.2 Å². The molecule has 1 saturated heterocycles. The number of aryl methyl sites for hydroxylation is 1. The quantitative estimate of drug-likeness (QED) is 0.239. The molecule has 2 aromatic carbocycles. The maximum Gasteiger partial charge on any atom is 0.255 e. The van der Waals surface area contributed by atoms with Crippen LogP contribution >= 0.6 is 0 Å². The van der Waals surface area contributed by atoms with Crippen molar-refractivity contribution in [2.24, 2.45) is 0 Å². The minimum absolute atomic E-state index is 0.0377. The number of carbonyl (C=O) groups is 1. The molecule has 0 radical (unpaired) electrons. The second-order valence-corrected chi connectivity index (χ2v) is 12.4. The molecule has 12 nitrogen and oxygen atoms in total. The molecule has 4 aromatic rings. The molecule has 1 fully saturated rings. The van der Waals surface area contributed by atoms with Crippen LogP contribution in [-0.4, -0.2) is 81.3 Å². The number of hydrogen-bond acceptors (Lipinski definition) is 11. The number of nitrogens with zero attached hydrogens (tertiary/aromatic N) is 4. The van der Waals surface area contributed by atoms with Gasteiger partial charge in [0.05, 0.1) is 38.2 Å². The third-order valence-corrected chi connectivity index (χ3v) is 7.96. The van der Waals surface area contributed by atoms with Crippen LogP contribution in [0.25, 0.3) is 10.9 Å². The van der Waals surface area contributed by atoms with Crippen molar-refractivity contribution in [3.05, 3.63) is 66.1 Å². The van der Waals surface area contributed by atoms with Gasteiger partial charge in [0.15, 0.2) is 11.5 Å². The lowest BCUT2D eigenvalue weighted by Gasteiger charge is -2.27. The van der Waals surface area contributed by atoms with Crippen LogP contribution in [0.2, 0.25) is 0 Å². The number of amides is 1. The zero-order valence-electron chi connectivity index (χ0n) is 24.3. The van der Waals surface area contributed by atoms with Crippen molar-refractivity contribution in [1.29, 1.82) is 0 Å². The average Bonchev–Trinajstić information content (AvgIpc) is 3.00. The number of carbonyl (C=O) groups excluding carboxylic acids is 1. The van der Waals surface area contributed by atoms with Gasteiger partial charge in [-0.3, -0.25) is 4.79 Å². The largest absolute Gasteiger partial charge is 0.493 e. The van der Waals surface area contributed by atoms with Crippen LogP contribution in [-0.2, 0) is 14.6 Å². The first-order valence-electron chi connectivity index (χ1n) is 13.8. The fourth-order valence-corrected chi connectivity index (χ4v) is 5.27. The maximum absolute atomic E-state index is 13.1. The summed E-state index contributed by atoms with van der Waals surface area (Å²) in [5.41, 5.74) is 3.44. The molecule has 43 heavy (non-hydrogen) atoms. The SMILES string of the molecule is COc1cc2c(Nc3cc(NC(=O)c4ccnc(N5CCOCC5)c4)ccc3C)ncnc2cc1OCCCS(C)(=O)=O. The summed E-state index contributed by atoms with van der Waals surface area (Å²) in [4.78, 5) is 28.5. The number of methoxy groups -OCH3 is 1. The average molecular weight is 607 g/mol. The van der Waals surface area contributed by atoms with E-state index in [1.807, 2.05) is 25.1 Å². The number of benzene rings is 2. The highest BCUT2D eigenvalue weighted by Gasteiger charge is 2.16. The Morgan fingerprint density at radius 2 is 1.86 bits per heavy atom. The molecule has 13 heteroatoms. The van der Waals surface area contributed by atoms with Crippen LogP contribution in [0.15, 0.2) is 55.0 Å². The summed E-state index contributed by atoms with van der Waals surface area (Å²) in [5, 5.41) is 7.05. The summed E-state index contributed by atoms with van der Waals surface area (Å²) in [6, 6.07) is 12.6. The van der Waals surface area contributed by atoms with Gasteiger partial charge in [0, 0.05) is 53.9 Å². The number of anilines is 4. The molecule has 3 heterocycles. The van der Waals surface area contributed by atoms with Gasteiger partial charge in [0.25, 0.3) is 5.91 Å². The van der Waals surface area contributed by atoms with E-state index in [0.29, 0.717) is 59.1 Å². The van der Waals surface area contributed by atoms with Gasteiger partial charge in [-0.15, -0.1) is 0 Å². The van der Waals surface area contributed by atoms with Gasteiger partial charge in [-0.25, -0.2) is 23.4 Å². The number of sulfone groups is 1. The maximum atomic E-state index is 13.1. The van der Waals surface area contributed by atoms with Gasteiger partial charge in [-0.05, 0) is 49.2 Å². The van der Waals surface area contributed by atoms with Gasteiger partial charge in [-0.1, -0.05) is 6.07 Å². The molecule has 2 aromatic heterocycles. The molecule has 0 bridgehead atoms. The van der Waals surface area contributed by atoms with Crippen molar-refractivity contribution in [3.63, 3.8) is 0 Å². The Morgan fingerprint density at radius 1 is 1.05 bits per heavy atom. The normalized spacial score (nSPS) is 13.5. The third-order valence-electron chi connectivity index (χ3n) is 6.93. The van der Waals surface area contributed by atoms with Crippen LogP contribution in [0.5, 0.6) is 11.5 Å². The first kappa shape index (κ1) is 30.0. The lowest BCUT2D eigenvalue weighted by atomic mass is 10.1. The van der Waals surface area contributed by atoms with E-state index in [2.05, 4.69) is 30.5 Å². The highest BCUT2D eigenvalue weighted by molar-refractivity contribution is 7.90. The fourth-order valence-electron chi connectivity index (χ4n) is 4.63. The zero-order valence-corrected chi connectivity index (χ0v) is 25.1. The fraction of sp³-hybridized carbons (Fsp3) is 0.333. The Morgan fingerprint density at radius 3 is 2.63 bits per heavy atom. The molecule has 226 valence electrons. The summed E-state index contributed by atoms with van der Waals surface area (Å²) in [6.07, 6.45) is 4.64. The Hall–Kier alpha value is -4.49. The molecule has 1 aliphatic heterocycles. The second kappa shape index (κ2) is 13.2. The van der Waals surface area contributed by atoms with Crippen molar-refractivity contribution in [3.8, 4) is 11.5 Å². The Labute approximate surface area is 250 Å². The van der Waals surface area contributed by atoms with E-state index in [4.69, 9.17) is 14.2 Å². The minimum Gasteiger partial charge on any atom is -0.493 e.